The van der Waals surface area contributed by atoms with Gasteiger partial charge in [0.2, 0.25) is 5.12 Å². The minimum absolute atomic E-state index is 0.178. The Bertz CT molecular complexity index is 316. The summed E-state index contributed by atoms with van der Waals surface area (Å²) in [5, 5.41) is 0.429. The zero-order chi connectivity index (χ0) is 9.14. The number of rotatable bonds is 1. The normalized spacial score (nSPS) is 9.92. The molecule has 0 fully saturated rings. The van der Waals surface area contributed by atoms with Gasteiger partial charge in [0.1, 0.15) is 10.8 Å². The highest BCUT2D eigenvalue weighted by Crippen LogP contribution is 2.20. The summed E-state index contributed by atoms with van der Waals surface area (Å²) in [5.74, 6) is 0. The van der Waals surface area contributed by atoms with Crippen LogP contribution in [0.1, 0.15) is 10.5 Å². The molecule has 0 aliphatic carbocycles. The number of thioether (sulfide) groups is 1. The Morgan fingerprint density at radius 2 is 2.17 bits per heavy atom. The topological polar surface area (TPSA) is 30.0 Å². The molecular formula is C7H5Cl2NOS. The molecule has 0 aliphatic heterocycles. The molecule has 0 bridgehead atoms. The summed E-state index contributed by atoms with van der Waals surface area (Å²) in [7, 11) is 0. The largest absolute Gasteiger partial charge is 0.280 e. The van der Waals surface area contributed by atoms with Gasteiger partial charge in [-0.2, -0.15) is 0 Å². The molecule has 0 saturated heterocycles. The predicted molar refractivity (Wildman–Crippen MR) is 52.1 cm³/mol. The van der Waals surface area contributed by atoms with Gasteiger partial charge in [-0.05, 0) is 18.4 Å². The zero-order valence-corrected chi connectivity index (χ0v) is 8.50. The van der Waals surface area contributed by atoms with Crippen LogP contribution in [0.3, 0.4) is 0 Å². The van der Waals surface area contributed by atoms with E-state index in [4.69, 9.17) is 23.2 Å². The van der Waals surface area contributed by atoms with Gasteiger partial charge in [-0.3, -0.25) is 4.79 Å². The first kappa shape index (κ1) is 9.84. The van der Waals surface area contributed by atoms with Crippen LogP contribution in [-0.2, 0) is 0 Å². The summed E-state index contributed by atoms with van der Waals surface area (Å²) in [6, 6.07) is 3.10. The number of aromatic nitrogens is 1. The molecule has 2 nitrogen and oxygen atoms in total. The van der Waals surface area contributed by atoms with E-state index in [0.29, 0.717) is 5.02 Å². The maximum Gasteiger partial charge on any atom is 0.239 e. The van der Waals surface area contributed by atoms with Gasteiger partial charge < -0.3 is 0 Å². The van der Waals surface area contributed by atoms with E-state index < -0.39 is 0 Å². The maximum absolute atomic E-state index is 11.1. The lowest BCUT2D eigenvalue weighted by Gasteiger charge is -1.99. The molecule has 64 valence electrons. The Labute approximate surface area is 84.3 Å². The number of nitrogens with zero attached hydrogens (tertiary/aromatic N) is 1. The van der Waals surface area contributed by atoms with Crippen LogP contribution in [0, 0.1) is 0 Å². The van der Waals surface area contributed by atoms with Crippen molar-refractivity contribution in [1.82, 2.24) is 4.98 Å². The van der Waals surface area contributed by atoms with Crippen molar-refractivity contribution in [2.45, 2.75) is 0 Å². The monoisotopic (exact) mass is 221 g/mol. The quantitative estimate of drug-likeness (QED) is 0.684. The van der Waals surface area contributed by atoms with Gasteiger partial charge in [-0.25, -0.2) is 4.98 Å². The fourth-order valence-corrected chi connectivity index (χ4v) is 1.40. The van der Waals surface area contributed by atoms with E-state index in [2.05, 4.69) is 4.98 Å². The Balaban J connectivity index is 3.13. The second kappa shape index (κ2) is 4.12. The van der Waals surface area contributed by atoms with E-state index >= 15 is 0 Å². The molecule has 0 spiro atoms. The molecule has 0 aromatic carbocycles. The molecule has 0 amide bonds. The van der Waals surface area contributed by atoms with Crippen LogP contribution in [0.15, 0.2) is 12.1 Å². The average Bonchev–Trinajstić information content (AvgIpc) is 2.08. The Kier molecular flexibility index (Phi) is 3.38. The third kappa shape index (κ3) is 2.12. The van der Waals surface area contributed by atoms with Crippen LogP contribution in [0.5, 0.6) is 0 Å². The van der Waals surface area contributed by atoms with Gasteiger partial charge in [0.25, 0.3) is 0 Å². The highest BCUT2D eigenvalue weighted by molar-refractivity contribution is 8.13. The van der Waals surface area contributed by atoms with Crippen molar-refractivity contribution in [2.24, 2.45) is 0 Å². The third-order valence-corrected chi connectivity index (χ3v) is 2.27. The SMILES string of the molecule is CSC(=O)c1nc(Cl)ccc1Cl. The predicted octanol–water partition coefficient (Wildman–Crippen LogP) is 2.89. The first-order valence-electron chi connectivity index (χ1n) is 3.05. The smallest absolute Gasteiger partial charge is 0.239 e. The van der Waals surface area contributed by atoms with Crippen molar-refractivity contribution in [2.75, 3.05) is 6.26 Å². The van der Waals surface area contributed by atoms with Gasteiger partial charge in [0.05, 0.1) is 5.02 Å². The Morgan fingerprint density at radius 3 is 2.75 bits per heavy atom. The maximum atomic E-state index is 11.1. The molecule has 0 saturated carbocycles. The minimum Gasteiger partial charge on any atom is -0.280 e. The van der Waals surface area contributed by atoms with Crippen LogP contribution in [0.2, 0.25) is 10.2 Å². The standard InChI is InChI=1S/C7H5Cl2NOS/c1-12-7(11)6-4(8)2-3-5(9)10-6/h2-3H,1H3. The summed E-state index contributed by atoms with van der Waals surface area (Å²) >= 11 is 12.4. The van der Waals surface area contributed by atoms with E-state index in [1.165, 1.54) is 0 Å². The number of hydrogen-bond donors (Lipinski definition) is 0. The summed E-state index contributed by atoms with van der Waals surface area (Å²) in [6.07, 6.45) is 1.67. The van der Waals surface area contributed by atoms with E-state index in [1.54, 1.807) is 18.4 Å². The molecule has 0 radical (unpaired) electrons. The molecule has 0 N–H and O–H groups in total. The molecule has 1 aromatic heterocycles. The highest BCUT2D eigenvalue weighted by atomic mass is 35.5. The summed E-state index contributed by atoms with van der Waals surface area (Å²) in [5.41, 5.74) is 0.219. The van der Waals surface area contributed by atoms with E-state index in [1.807, 2.05) is 0 Å². The van der Waals surface area contributed by atoms with E-state index in [-0.39, 0.29) is 16.0 Å². The van der Waals surface area contributed by atoms with Crippen molar-refractivity contribution in [3.63, 3.8) is 0 Å². The second-order valence-corrected chi connectivity index (χ2v) is 3.53. The lowest BCUT2D eigenvalue weighted by atomic mass is 10.4. The molecule has 0 unspecified atom stereocenters. The van der Waals surface area contributed by atoms with Crippen LogP contribution in [0.4, 0.5) is 0 Å². The second-order valence-electron chi connectivity index (χ2n) is 1.96. The molecule has 0 atom stereocenters. The number of pyridine rings is 1. The summed E-state index contributed by atoms with van der Waals surface area (Å²) < 4.78 is 0. The highest BCUT2D eigenvalue weighted by Gasteiger charge is 2.10. The molecule has 1 heterocycles. The van der Waals surface area contributed by atoms with Crippen molar-refractivity contribution in [1.29, 1.82) is 0 Å². The van der Waals surface area contributed by atoms with Gasteiger partial charge in [-0.1, -0.05) is 35.0 Å². The number of carbonyl (C=O) groups excluding carboxylic acids is 1. The zero-order valence-electron chi connectivity index (χ0n) is 6.17. The lowest BCUT2D eigenvalue weighted by molar-refractivity contribution is 0.108. The molecule has 0 aliphatic rings. The van der Waals surface area contributed by atoms with Gasteiger partial charge in [-0.15, -0.1) is 0 Å². The lowest BCUT2D eigenvalue weighted by Crippen LogP contribution is -1.97. The molecule has 5 heteroatoms. The minimum atomic E-state index is -0.178. The molecular weight excluding hydrogens is 217 g/mol. The Morgan fingerprint density at radius 1 is 1.50 bits per heavy atom. The van der Waals surface area contributed by atoms with Crippen molar-refractivity contribution >= 4 is 40.1 Å². The first-order chi connectivity index (χ1) is 5.65. The van der Waals surface area contributed by atoms with Crippen LogP contribution in [-0.4, -0.2) is 16.4 Å². The van der Waals surface area contributed by atoms with Crippen molar-refractivity contribution in [3.8, 4) is 0 Å². The first-order valence-corrected chi connectivity index (χ1v) is 5.03. The molecule has 1 aromatic rings. The fourth-order valence-electron chi connectivity index (χ4n) is 0.658. The number of hydrogen-bond acceptors (Lipinski definition) is 3. The van der Waals surface area contributed by atoms with Crippen molar-refractivity contribution < 1.29 is 4.79 Å². The molecule has 1 rings (SSSR count). The Hall–Kier alpha value is -0.250. The van der Waals surface area contributed by atoms with Gasteiger partial charge >= 0.3 is 0 Å². The van der Waals surface area contributed by atoms with Crippen molar-refractivity contribution in [3.05, 3.63) is 28.0 Å². The number of carbonyl (C=O) groups is 1. The summed E-state index contributed by atoms with van der Waals surface area (Å²) in [4.78, 5) is 15.0. The van der Waals surface area contributed by atoms with Crippen LogP contribution in [0.25, 0.3) is 0 Å². The average molecular weight is 222 g/mol. The fraction of sp³-hybridized carbons (Fsp3) is 0.143. The molecule has 12 heavy (non-hydrogen) atoms. The van der Waals surface area contributed by atoms with Crippen LogP contribution >= 0.6 is 35.0 Å². The third-order valence-electron chi connectivity index (χ3n) is 1.19. The van der Waals surface area contributed by atoms with Gasteiger partial charge in [0, 0.05) is 0 Å². The van der Waals surface area contributed by atoms with E-state index in [0.717, 1.165) is 11.8 Å². The van der Waals surface area contributed by atoms with E-state index in [9.17, 15) is 4.79 Å². The summed E-state index contributed by atoms with van der Waals surface area (Å²) in [6.45, 7) is 0. The number of halogens is 2. The van der Waals surface area contributed by atoms with Gasteiger partial charge in [0.15, 0.2) is 0 Å². The van der Waals surface area contributed by atoms with Crippen LogP contribution < -0.4 is 0 Å².